The van der Waals surface area contributed by atoms with Crippen LogP contribution in [0.25, 0.3) is 0 Å². The Morgan fingerprint density at radius 2 is 2.00 bits per heavy atom. The SMILES string of the molecule is CCC(=O)N[C@@H](C)c1ccc(O[C@@H]2CCN(c3ncnc(OCC4CC4)c3OC)C2)cc1. The minimum atomic E-state index is -0.0277. The third kappa shape index (κ3) is 5.41. The molecule has 0 radical (unpaired) electrons. The highest BCUT2D eigenvalue weighted by molar-refractivity contribution is 5.76. The summed E-state index contributed by atoms with van der Waals surface area (Å²) in [6.45, 7) is 6.03. The summed E-state index contributed by atoms with van der Waals surface area (Å²) >= 11 is 0. The monoisotopic (exact) mass is 440 g/mol. The first-order valence-corrected chi connectivity index (χ1v) is 11.4. The van der Waals surface area contributed by atoms with Crippen molar-refractivity contribution in [2.75, 3.05) is 31.7 Å². The molecular weight excluding hydrogens is 408 g/mol. The second-order valence-electron chi connectivity index (χ2n) is 8.48. The number of hydrogen-bond acceptors (Lipinski definition) is 7. The molecule has 1 amide bonds. The first-order valence-electron chi connectivity index (χ1n) is 11.4. The van der Waals surface area contributed by atoms with E-state index in [0.29, 0.717) is 37.1 Å². The normalized spacial score (nSPS) is 18.8. The Balaban J connectivity index is 1.35. The highest BCUT2D eigenvalue weighted by atomic mass is 16.5. The van der Waals surface area contributed by atoms with Crippen LogP contribution in [0, 0.1) is 5.92 Å². The number of nitrogens with one attached hydrogen (secondary N) is 1. The Kier molecular flexibility index (Phi) is 6.97. The lowest BCUT2D eigenvalue weighted by Crippen LogP contribution is -2.26. The van der Waals surface area contributed by atoms with E-state index in [9.17, 15) is 4.79 Å². The number of anilines is 1. The summed E-state index contributed by atoms with van der Waals surface area (Å²) < 4.78 is 17.7. The summed E-state index contributed by atoms with van der Waals surface area (Å²) in [5, 5.41) is 2.98. The molecule has 1 N–H and O–H groups in total. The van der Waals surface area contributed by atoms with Crippen LogP contribution in [0.4, 0.5) is 5.82 Å². The molecule has 1 aromatic carbocycles. The predicted molar refractivity (Wildman–Crippen MR) is 121 cm³/mol. The summed E-state index contributed by atoms with van der Waals surface area (Å²) in [6, 6.07) is 7.89. The van der Waals surface area contributed by atoms with Crippen molar-refractivity contribution in [1.82, 2.24) is 15.3 Å². The van der Waals surface area contributed by atoms with E-state index in [1.165, 1.54) is 19.2 Å². The standard InChI is InChI=1S/C24H32N4O4/c1-4-21(29)27-16(2)18-7-9-19(10-8-18)32-20-11-12-28(13-20)23-22(30-3)24(26-15-25-23)31-14-17-5-6-17/h7-10,15-17,20H,4-6,11-14H2,1-3H3,(H,27,29)/t16-,20+/m0/s1. The molecule has 4 rings (SSSR count). The van der Waals surface area contributed by atoms with E-state index in [1.807, 2.05) is 38.1 Å². The molecule has 0 bridgehead atoms. The van der Waals surface area contributed by atoms with Crippen LogP contribution in [0.15, 0.2) is 30.6 Å². The molecule has 1 aliphatic heterocycles. The molecular formula is C24H32N4O4. The molecule has 1 saturated carbocycles. The number of methoxy groups -OCH3 is 1. The summed E-state index contributed by atoms with van der Waals surface area (Å²) in [5.41, 5.74) is 1.05. The van der Waals surface area contributed by atoms with E-state index in [-0.39, 0.29) is 18.1 Å². The zero-order valence-electron chi connectivity index (χ0n) is 19.0. The number of aromatic nitrogens is 2. The molecule has 2 aliphatic rings. The number of rotatable bonds is 10. The molecule has 0 spiro atoms. The minimum absolute atomic E-state index is 0.0277. The highest BCUT2D eigenvalue weighted by Gasteiger charge is 2.30. The molecule has 8 nitrogen and oxygen atoms in total. The van der Waals surface area contributed by atoms with Crippen LogP contribution in [-0.4, -0.2) is 48.8 Å². The van der Waals surface area contributed by atoms with Gasteiger partial charge in [-0.25, -0.2) is 4.98 Å². The first-order chi connectivity index (χ1) is 15.6. The fourth-order valence-corrected chi connectivity index (χ4v) is 3.81. The molecule has 8 heteroatoms. The maximum Gasteiger partial charge on any atom is 0.262 e. The van der Waals surface area contributed by atoms with Crippen LogP contribution < -0.4 is 24.4 Å². The number of amides is 1. The van der Waals surface area contributed by atoms with Gasteiger partial charge in [0.1, 0.15) is 18.2 Å². The van der Waals surface area contributed by atoms with Gasteiger partial charge in [-0.1, -0.05) is 19.1 Å². The van der Waals surface area contributed by atoms with Gasteiger partial charge in [-0.3, -0.25) is 4.79 Å². The minimum Gasteiger partial charge on any atom is -0.489 e. The molecule has 2 atom stereocenters. The number of benzene rings is 1. The van der Waals surface area contributed by atoms with Gasteiger partial charge in [0, 0.05) is 19.4 Å². The van der Waals surface area contributed by atoms with Crippen molar-refractivity contribution < 1.29 is 19.0 Å². The molecule has 1 aliphatic carbocycles. The zero-order chi connectivity index (χ0) is 22.5. The van der Waals surface area contributed by atoms with Gasteiger partial charge in [0.05, 0.1) is 26.3 Å². The maximum atomic E-state index is 11.6. The van der Waals surface area contributed by atoms with E-state index in [1.54, 1.807) is 7.11 Å². The molecule has 1 saturated heterocycles. The van der Waals surface area contributed by atoms with Crippen molar-refractivity contribution in [3.05, 3.63) is 36.2 Å². The van der Waals surface area contributed by atoms with Crippen molar-refractivity contribution in [3.8, 4) is 17.4 Å². The maximum absolute atomic E-state index is 11.6. The Morgan fingerprint density at radius 1 is 1.22 bits per heavy atom. The highest BCUT2D eigenvalue weighted by Crippen LogP contribution is 2.37. The van der Waals surface area contributed by atoms with Gasteiger partial charge in [-0.05, 0) is 43.4 Å². The number of carbonyl (C=O) groups is 1. The van der Waals surface area contributed by atoms with Gasteiger partial charge in [-0.15, -0.1) is 0 Å². The number of carbonyl (C=O) groups excluding carboxylic acids is 1. The van der Waals surface area contributed by atoms with Gasteiger partial charge in [0.25, 0.3) is 5.88 Å². The average molecular weight is 441 g/mol. The predicted octanol–water partition coefficient (Wildman–Crippen LogP) is 3.52. The smallest absolute Gasteiger partial charge is 0.262 e. The fourth-order valence-electron chi connectivity index (χ4n) is 3.81. The molecule has 2 heterocycles. The van der Waals surface area contributed by atoms with Crippen molar-refractivity contribution in [2.45, 2.75) is 51.7 Å². The number of ether oxygens (including phenoxy) is 3. The Bertz CT molecular complexity index is 917. The van der Waals surface area contributed by atoms with Crippen molar-refractivity contribution in [2.24, 2.45) is 5.92 Å². The Morgan fingerprint density at radius 3 is 2.69 bits per heavy atom. The van der Waals surface area contributed by atoms with Gasteiger partial charge in [0.2, 0.25) is 11.7 Å². The van der Waals surface area contributed by atoms with Crippen molar-refractivity contribution in [1.29, 1.82) is 0 Å². The van der Waals surface area contributed by atoms with Crippen LogP contribution in [0.5, 0.6) is 17.4 Å². The summed E-state index contributed by atoms with van der Waals surface area (Å²) in [5.74, 6) is 3.34. The van der Waals surface area contributed by atoms with Crippen LogP contribution in [0.3, 0.4) is 0 Å². The second kappa shape index (κ2) is 10.1. The first kappa shape index (κ1) is 22.2. The van der Waals surface area contributed by atoms with Crippen LogP contribution in [0.1, 0.15) is 51.1 Å². The molecule has 2 fully saturated rings. The molecule has 172 valence electrons. The molecule has 2 aromatic rings. The van der Waals surface area contributed by atoms with Gasteiger partial charge in [-0.2, -0.15) is 4.98 Å². The summed E-state index contributed by atoms with van der Waals surface area (Å²) in [6.07, 6.45) is 5.39. The average Bonchev–Trinajstić information content (AvgIpc) is 3.54. The Hall–Kier alpha value is -3.03. The summed E-state index contributed by atoms with van der Waals surface area (Å²) in [7, 11) is 1.63. The van der Waals surface area contributed by atoms with Gasteiger partial charge in [0.15, 0.2) is 5.82 Å². The van der Waals surface area contributed by atoms with E-state index in [2.05, 4.69) is 20.2 Å². The van der Waals surface area contributed by atoms with Gasteiger partial charge < -0.3 is 24.4 Å². The number of nitrogens with zero attached hydrogens (tertiary/aromatic N) is 3. The molecule has 1 aromatic heterocycles. The lowest BCUT2D eigenvalue weighted by molar-refractivity contribution is -0.121. The lowest BCUT2D eigenvalue weighted by atomic mass is 10.1. The second-order valence-corrected chi connectivity index (χ2v) is 8.48. The molecule has 32 heavy (non-hydrogen) atoms. The topological polar surface area (TPSA) is 85.8 Å². The van der Waals surface area contributed by atoms with Crippen molar-refractivity contribution >= 4 is 11.7 Å². The molecule has 0 unspecified atom stereocenters. The van der Waals surface area contributed by atoms with Crippen molar-refractivity contribution in [3.63, 3.8) is 0 Å². The number of hydrogen-bond donors (Lipinski definition) is 1. The van der Waals surface area contributed by atoms with Crippen LogP contribution in [0.2, 0.25) is 0 Å². The van der Waals surface area contributed by atoms with E-state index in [4.69, 9.17) is 14.2 Å². The quantitative estimate of drug-likeness (QED) is 0.605. The lowest BCUT2D eigenvalue weighted by Gasteiger charge is -2.21. The van der Waals surface area contributed by atoms with Crippen LogP contribution in [-0.2, 0) is 4.79 Å². The fraction of sp³-hybridized carbons (Fsp3) is 0.542. The zero-order valence-corrected chi connectivity index (χ0v) is 19.0. The van der Waals surface area contributed by atoms with Crippen LogP contribution >= 0.6 is 0 Å². The largest absolute Gasteiger partial charge is 0.489 e. The van der Waals surface area contributed by atoms with E-state index < -0.39 is 0 Å². The third-order valence-corrected chi connectivity index (χ3v) is 5.94. The summed E-state index contributed by atoms with van der Waals surface area (Å²) in [4.78, 5) is 22.5. The van der Waals surface area contributed by atoms with E-state index >= 15 is 0 Å². The van der Waals surface area contributed by atoms with Gasteiger partial charge >= 0.3 is 0 Å². The Labute approximate surface area is 189 Å². The third-order valence-electron chi connectivity index (χ3n) is 5.94. The van der Waals surface area contributed by atoms with E-state index in [0.717, 1.165) is 30.1 Å².